The lowest BCUT2D eigenvalue weighted by molar-refractivity contribution is 0.102. The molecule has 0 saturated carbocycles. The summed E-state index contributed by atoms with van der Waals surface area (Å²) in [6.45, 7) is 6.03. The molecule has 1 saturated heterocycles. The molecule has 27 heavy (non-hydrogen) atoms. The minimum absolute atomic E-state index is 0.0258. The van der Waals surface area contributed by atoms with E-state index in [0.717, 1.165) is 5.69 Å². The maximum Gasteiger partial charge on any atom is 0.256 e. The number of anilines is 1. The Balaban J connectivity index is 1.92. The van der Waals surface area contributed by atoms with Gasteiger partial charge in [0.15, 0.2) is 9.84 Å². The molecule has 7 nitrogen and oxygen atoms in total. The minimum Gasteiger partial charge on any atom is -0.307 e. The molecule has 1 aromatic carbocycles. The summed E-state index contributed by atoms with van der Waals surface area (Å²) in [7, 11) is -3.08. The Morgan fingerprint density at radius 2 is 1.96 bits per heavy atom. The van der Waals surface area contributed by atoms with E-state index in [4.69, 9.17) is 5.26 Å². The van der Waals surface area contributed by atoms with Gasteiger partial charge in [0.25, 0.3) is 5.91 Å². The molecule has 1 N–H and O–H groups in total. The molecule has 1 aromatic heterocycles. The zero-order chi connectivity index (χ0) is 19.8. The summed E-state index contributed by atoms with van der Waals surface area (Å²) in [6.07, 6.45) is 0.479. The summed E-state index contributed by atoms with van der Waals surface area (Å²) in [5.74, 6) is 0.307. The van der Waals surface area contributed by atoms with Crippen molar-refractivity contribution in [2.45, 2.75) is 38.6 Å². The van der Waals surface area contributed by atoms with E-state index < -0.39 is 9.84 Å². The molecule has 0 spiro atoms. The average molecular weight is 386 g/mol. The first-order valence-electron chi connectivity index (χ1n) is 8.71. The smallest absolute Gasteiger partial charge is 0.256 e. The fraction of sp³-hybridized carbons (Fsp3) is 0.421. The standard InChI is InChI=1S/C19H22N4O3S/c1-19(2,3)16-10-17(23(22-16)15-8-9-27(25,26)12-15)21-18(24)14-6-4-13(11-20)5-7-14/h4-7,10,15H,8-9,12H2,1-3H3,(H,21,24). The first-order valence-corrected chi connectivity index (χ1v) is 10.5. The van der Waals surface area contributed by atoms with Crippen molar-refractivity contribution in [1.29, 1.82) is 5.26 Å². The van der Waals surface area contributed by atoms with Gasteiger partial charge in [-0.3, -0.25) is 4.79 Å². The predicted octanol–water partition coefficient (Wildman–Crippen LogP) is 2.66. The van der Waals surface area contributed by atoms with Crippen LogP contribution in [0.4, 0.5) is 5.82 Å². The molecule has 3 rings (SSSR count). The highest BCUT2D eigenvalue weighted by molar-refractivity contribution is 7.91. The van der Waals surface area contributed by atoms with Crippen molar-refractivity contribution in [3.8, 4) is 6.07 Å². The maximum absolute atomic E-state index is 12.6. The van der Waals surface area contributed by atoms with E-state index >= 15 is 0 Å². The van der Waals surface area contributed by atoms with Gasteiger partial charge in [0.1, 0.15) is 5.82 Å². The third-order valence-electron chi connectivity index (χ3n) is 4.58. The Labute approximate surface area is 158 Å². The highest BCUT2D eigenvalue weighted by Crippen LogP contribution is 2.31. The molecule has 1 aliphatic rings. The van der Waals surface area contributed by atoms with Crippen molar-refractivity contribution in [1.82, 2.24) is 9.78 Å². The van der Waals surface area contributed by atoms with Crippen LogP contribution in [0.1, 0.15) is 54.8 Å². The molecule has 2 heterocycles. The molecule has 0 radical (unpaired) electrons. The molecule has 1 atom stereocenters. The van der Waals surface area contributed by atoms with Crippen molar-refractivity contribution in [2.24, 2.45) is 0 Å². The van der Waals surface area contributed by atoms with Crippen LogP contribution in [0.15, 0.2) is 30.3 Å². The van der Waals surface area contributed by atoms with E-state index in [0.29, 0.717) is 23.4 Å². The number of hydrogen-bond donors (Lipinski definition) is 1. The number of carbonyl (C=O) groups excluding carboxylic acids is 1. The molecule has 8 heteroatoms. The number of amides is 1. The average Bonchev–Trinajstić information content (AvgIpc) is 3.17. The third-order valence-corrected chi connectivity index (χ3v) is 6.33. The Kier molecular flexibility index (Phi) is 4.82. The van der Waals surface area contributed by atoms with Crippen LogP contribution < -0.4 is 5.32 Å². The van der Waals surface area contributed by atoms with Gasteiger partial charge in [0, 0.05) is 17.0 Å². The second-order valence-corrected chi connectivity index (χ2v) is 10.0. The highest BCUT2D eigenvalue weighted by Gasteiger charge is 2.33. The Bertz CT molecular complexity index is 1010. The number of aromatic nitrogens is 2. The molecule has 1 aliphatic heterocycles. The maximum atomic E-state index is 12.6. The van der Waals surface area contributed by atoms with Gasteiger partial charge in [0.05, 0.1) is 34.9 Å². The number of nitriles is 1. The van der Waals surface area contributed by atoms with Crippen LogP contribution in [0, 0.1) is 11.3 Å². The van der Waals surface area contributed by atoms with Gasteiger partial charge in [-0.25, -0.2) is 13.1 Å². The third kappa shape index (κ3) is 4.19. The molecule has 142 valence electrons. The molecule has 2 aromatic rings. The van der Waals surface area contributed by atoms with Gasteiger partial charge in [0.2, 0.25) is 0 Å². The number of hydrogen-bond acceptors (Lipinski definition) is 5. The second-order valence-electron chi connectivity index (χ2n) is 7.81. The molecular weight excluding hydrogens is 364 g/mol. The predicted molar refractivity (Wildman–Crippen MR) is 102 cm³/mol. The van der Waals surface area contributed by atoms with Crippen LogP contribution in [0.3, 0.4) is 0 Å². The van der Waals surface area contributed by atoms with Crippen molar-refractivity contribution in [2.75, 3.05) is 16.8 Å². The lowest BCUT2D eigenvalue weighted by Crippen LogP contribution is -2.20. The first-order chi connectivity index (χ1) is 12.6. The van der Waals surface area contributed by atoms with Crippen LogP contribution in [-0.4, -0.2) is 35.6 Å². The Morgan fingerprint density at radius 3 is 2.48 bits per heavy atom. The Hall–Kier alpha value is -2.66. The summed E-state index contributed by atoms with van der Waals surface area (Å²) in [6, 6.07) is 9.85. The molecule has 1 amide bonds. The van der Waals surface area contributed by atoms with Crippen LogP contribution in [-0.2, 0) is 15.3 Å². The number of benzene rings is 1. The van der Waals surface area contributed by atoms with E-state index in [9.17, 15) is 13.2 Å². The summed E-state index contributed by atoms with van der Waals surface area (Å²) in [4.78, 5) is 12.6. The van der Waals surface area contributed by atoms with Gasteiger partial charge in [-0.15, -0.1) is 0 Å². The zero-order valence-corrected chi connectivity index (χ0v) is 16.4. The van der Waals surface area contributed by atoms with Gasteiger partial charge in [-0.05, 0) is 30.7 Å². The van der Waals surface area contributed by atoms with E-state index in [1.54, 1.807) is 35.0 Å². The SMILES string of the molecule is CC(C)(C)c1cc(NC(=O)c2ccc(C#N)cc2)n(C2CCS(=O)(=O)C2)n1. The van der Waals surface area contributed by atoms with E-state index in [1.165, 1.54) is 0 Å². The quantitative estimate of drug-likeness (QED) is 0.873. The molecule has 1 unspecified atom stereocenters. The van der Waals surface area contributed by atoms with Crippen LogP contribution in [0.5, 0.6) is 0 Å². The van der Waals surface area contributed by atoms with E-state index in [2.05, 4.69) is 10.4 Å². The van der Waals surface area contributed by atoms with Gasteiger partial charge in [-0.2, -0.15) is 10.4 Å². The summed E-state index contributed by atoms with van der Waals surface area (Å²) >= 11 is 0. The summed E-state index contributed by atoms with van der Waals surface area (Å²) < 4.78 is 25.4. The Morgan fingerprint density at radius 1 is 1.30 bits per heavy atom. The summed E-state index contributed by atoms with van der Waals surface area (Å²) in [5.41, 5.74) is 1.43. The fourth-order valence-corrected chi connectivity index (χ4v) is 4.68. The number of nitrogens with zero attached hydrogens (tertiary/aromatic N) is 3. The topological polar surface area (TPSA) is 105 Å². The van der Waals surface area contributed by atoms with Crippen LogP contribution in [0.2, 0.25) is 0 Å². The van der Waals surface area contributed by atoms with Gasteiger partial charge < -0.3 is 5.32 Å². The highest BCUT2D eigenvalue weighted by atomic mass is 32.2. The van der Waals surface area contributed by atoms with Crippen LogP contribution in [0.25, 0.3) is 0 Å². The number of carbonyl (C=O) groups is 1. The molecule has 1 fully saturated rings. The zero-order valence-electron chi connectivity index (χ0n) is 15.6. The minimum atomic E-state index is -3.08. The van der Waals surface area contributed by atoms with Gasteiger partial charge in [-0.1, -0.05) is 20.8 Å². The molecule has 0 aliphatic carbocycles. The lowest BCUT2D eigenvalue weighted by Gasteiger charge is -2.15. The fourth-order valence-electron chi connectivity index (χ4n) is 2.99. The lowest BCUT2D eigenvalue weighted by atomic mass is 9.92. The van der Waals surface area contributed by atoms with Crippen molar-refractivity contribution in [3.63, 3.8) is 0 Å². The summed E-state index contributed by atoms with van der Waals surface area (Å²) in [5, 5.41) is 16.3. The number of rotatable bonds is 3. The monoisotopic (exact) mass is 386 g/mol. The van der Waals surface area contributed by atoms with Gasteiger partial charge >= 0.3 is 0 Å². The first kappa shape index (κ1) is 19.1. The number of nitrogens with one attached hydrogen (secondary N) is 1. The van der Waals surface area contributed by atoms with E-state index in [-0.39, 0.29) is 28.9 Å². The normalized spacial score (nSPS) is 18.8. The van der Waals surface area contributed by atoms with Crippen molar-refractivity contribution >= 4 is 21.6 Å². The van der Waals surface area contributed by atoms with Crippen molar-refractivity contribution in [3.05, 3.63) is 47.2 Å². The second kappa shape index (κ2) is 6.82. The molecular formula is C19H22N4O3S. The van der Waals surface area contributed by atoms with E-state index in [1.807, 2.05) is 26.8 Å². The van der Waals surface area contributed by atoms with Crippen molar-refractivity contribution < 1.29 is 13.2 Å². The number of sulfone groups is 1. The van der Waals surface area contributed by atoms with Crippen LogP contribution >= 0.6 is 0 Å². The molecule has 0 bridgehead atoms. The largest absolute Gasteiger partial charge is 0.307 e.